The first-order valence-corrected chi connectivity index (χ1v) is 10.5. The highest BCUT2D eigenvalue weighted by molar-refractivity contribution is 7.89. The molecule has 1 aromatic heterocycles. The van der Waals surface area contributed by atoms with E-state index in [9.17, 15) is 17.6 Å². The SMILES string of the molecule is Cc1ccc(S(=O)(=O)N(CC(=O)N/N=C\c2ccco2)Cc2ccc(F)cc2)cc1. The van der Waals surface area contributed by atoms with Crippen molar-refractivity contribution in [2.45, 2.75) is 18.4 Å². The van der Waals surface area contributed by atoms with Gasteiger partial charge in [-0.25, -0.2) is 18.2 Å². The van der Waals surface area contributed by atoms with Gasteiger partial charge in [0, 0.05) is 6.54 Å². The van der Waals surface area contributed by atoms with E-state index in [1.54, 1.807) is 24.3 Å². The highest BCUT2D eigenvalue weighted by Crippen LogP contribution is 2.19. The number of benzene rings is 2. The monoisotopic (exact) mass is 429 g/mol. The van der Waals surface area contributed by atoms with Crippen LogP contribution in [0.4, 0.5) is 4.39 Å². The van der Waals surface area contributed by atoms with E-state index in [4.69, 9.17) is 4.42 Å². The minimum Gasteiger partial charge on any atom is -0.463 e. The molecule has 156 valence electrons. The first-order valence-electron chi connectivity index (χ1n) is 9.01. The third-order valence-corrected chi connectivity index (χ3v) is 5.98. The first kappa shape index (κ1) is 21.4. The molecule has 0 bridgehead atoms. The number of hydrogen-bond acceptors (Lipinski definition) is 5. The van der Waals surface area contributed by atoms with Gasteiger partial charge in [0.15, 0.2) is 0 Å². The zero-order valence-electron chi connectivity index (χ0n) is 16.2. The molecule has 0 aliphatic heterocycles. The lowest BCUT2D eigenvalue weighted by molar-refractivity contribution is -0.121. The van der Waals surface area contributed by atoms with Crippen molar-refractivity contribution in [1.29, 1.82) is 0 Å². The molecule has 30 heavy (non-hydrogen) atoms. The Bertz CT molecular complexity index is 1110. The molecule has 0 atom stereocenters. The highest BCUT2D eigenvalue weighted by Gasteiger charge is 2.27. The average Bonchev–Trinajstić information content (AvgIpc) is 3.23. The molecule has 0 saturated heterocycles. The Morgan fingerprint density at radius 3 is 2.47 bits per heavy atom. The van der Waals surface area contributed by atoms with Crippen LogP contribution in [0, 0.1) is 12.7 Å². The minimum atomic E-state index is -3.98. The summed E-state index contributed by atoms with van der Waals surface area (Å²) in [7, 11) is -3.98. The lowest BCUT2D eigenvalue weighted by atomic mass is 10.2. The zero-order valence-corrected chi connectivity index (χ0v) is 17.0. The molecule has 0 fully saturated rings. The molecule has 1 heterocycles. The number of sulfonamides is 1. The fourth-order valence-corrected chi connectivity index (χ4v) is 3.99. The van der Waals surface area contributed by atoms with Crippen molar-refractivity contribution in [3.63, 3.8) is 0 Å². The fraction of sp³-hybridized carbons (Fsp3) is 0.143. The Balaban J connectivity index is 1.80. The molecule has 3 rings (SSSR count). The normalized spacial score (nSPS) is 11.8. The summed E-state index contributed by atoms with van der Waals surface area (Å²) in [6.07, 6.45) is 2.76. The van der Waals surface area contributed by atoms with Crippen molar-refractivity contribution in [3.05, 3.63) is 89.6 Å². The van der Waals surface area contributed by atoms with E-state index in [2.05, 4.69) is 10.5 Å². The maximum atomic E-state index is 13.2. The summed E-state index contributed by atoms with van der Waals surface area (Å²) in [5, 5.41) is 3.76. The number of aryl methyl sites for hydroxylation is 1. The van der Waals surface area contributed by atoms with Crippen molar-refractivity contribution in [2.75, 3.05) is 6.54 Å². The van der Waals surface area contributed by atoms with Gasteiger partial charge in [-0.3, -0.25) is 4.79 Å². The van der Waals surface area contributed by atoms with Crippen LogP contribution in [0.3, 0.4) is 0 Å². The molecule has 0 unspecified atom stereocenters. The lowest BCUT2D eigenvalue weighted by Gasteiger charge is -2.21. The summed E-state index contributed by atoms with van der Waals surface area (Å²) < 4.78 is 45.6. The van der Waals surface area contributed by atoms with Gasteiger partial charge in [-0.1, -0.05) is 29.8 Å². The van der Waals surface area contributed by atoms with E-state index in [0.29, 0.717) is 11.3 Å². The number of nitrogens with one attached hydrogen (secondary N) is 1. The Morgan fingerprint density at radius 1 is 1.13 bits per heavy atom. The predicted octanol–water partition coefficient (Wildman–Crippen LogP) is 3.07. The molecule has 0 aliphatic rings. The number of carbonyl (C=O) groups is 1. The molecule has 0 aliphatic carbocycles. The predicted molar refractivity (Wildman–Crippen MR) is 110 cm³/mol. The average molecular weight is 429 g/mol. The van der Waals surface area contributed by atoms with Gasteiger partial charge in [0.05, 0.1) is 23.9 Å². The van der Waals surface area contributed by atoms with Crippen LogP contribution < -0.4 is 5.43 Å². The Morgan fingerprint density at radius 2 is 1.83 bits per heavy atom. The summed E-state index contributed by atoms with van der Waals surface area (Å²) in [6.45, 7) is 1.27. The highest BCUT2D eigenvalue weighted by atomic mass is 32.2. The van der Waals surface area contributed by atoms with Crippen LogP contribution in [-0.4, -0.2) is 31.4 Å². The van der Waals surface area contributed by atoms with Gasteiger partial charge in [-0.15, -0.1) is 0 Å². The van der Waals surface area contributed by atoms with Crippen LogP contribution >= 0.6 is 0 Å². The minimum absolute atomic E-state index is 0.0575. The number of nitrogens with zero attached hydrogens (tertiary/aromatic N) is 2. The van der Waals surface area contributed by atoms with Gasteiger partial charge >= 0.3 is 0 Å². The van der Waals surface area contributed by atoms with Gasteiger partial charge in [-0.2, -0.15) is 9.41 Å². The zero-order chi connectivity index (χ0) is 21.6. The van der Waals surface area contributed by atoms with Crippen molar-refractivity contribution in [1.82, 2.24) is 9.73 Å². The molecular weight excluding hydrogens is 409 g/mol. The Labute approximate surface area is 173 Å². The molecule has 9 heteroatoms. The maximum Gasteiger partial charge on any atom is 0.255 e. The van der Waals surface area contributed by atoms with E-state index in [1.165, 1.54) is 48.9 Å². The second-order valence-corrected chi connectivity index (χ2v) is 8.46. The summed E-state index contributed by atoms with van der Waals surface area (Å²) in [6, 6.07) is 15.1. The van der Waals surface area contributed by atoms with Crippen LogP contribution in [0.15, 0.2) is 81.3 Å². The number of halogens is 1. The number of rotatable bonds is 8. The standard InChI is InChI=1S/C21H20FN3O4S/c1-16-4-10-20(11-5-16)30(27,28)25(14-17-6-8-18(22)9-7-17)15-21(26)24-23-13-19-3-2-12-29-19/h2-13H,14-15H2,1H3,(H,24,26)/b23-13-. The van der Waals surface area contributed by atoms with Crippen LogP contribution in [0.25, 0.3) is 0 Å². The van der Waals surface area contributed by atoms with Crippen LogP contribution in [-0.2, 0) is 21.4 Å². The molecule has 1 amide bonds. The molecule has 7 nitrogen and oxygen atoms in total. The summed E-state index contributed by atoms with van der Waals surface area (Å²) >= 11 is 0. The van der Waals surface area contributed by atoms with Gasteiger partial charge in [0.1, 0.15) is 11.6 Å². The largest absolute Gasteiger partial charge is 0.463 e. The van der Waals surface area contributed by atoms with Crippen molar-refractivity contribution in [3.8, 4) is 0 Å². The van der Waals surface area contributed by atoms with E-state index < -0.39 is 28.3 Å². The van der Waals surface area contributed by atoms with E-state index in [-0.39, 0.29) is 11.4 Å². The van der Waals surface area contributed by atoms with Crippen LogP contribution in [0.2, 0.25) is 0 Å². The number of amides is 1. The van der Waals surface area contributed by atoms with E-state index >= 15 is 0 Å². The smallest absolute Gasteiger partial charge is 0.255 e. The van der Waals surface area contributed by atoms with E-state index in [1.807, 2.05) is 6.92 Å². The Kier molecular flexibility index (Phi) is 6.76. The van der Waals surface area contributed by atoms with Crippen LogP contribution in [0.5, 0.6) is 0 Å². The van der Waals surface area contributed by atoms with E-state index in [0.717, 1.165) is 9.87 Å². The molecule has 3 aromatic rings. The quantitative estimate of drug-likeness (QED) is 0.440. The molecule has 2 aromatic carbocycles. The third kappa shape index (κ3) is 5.62. The van der Waals surface area contributed by atoms with Gasteiger partial charge in [-0.05, 0) is 48.9 Å². The third-order valence-electron chi connectivity index (χ3n) is 4.18. The van der Waals surface area contributed by atoms with Crippen molar-refractivity contribution < 1.29 is 22.0 Å². The molecule has 0 radical (unpaired) electrons. The number of carbonyl (C=O) groups excluding carboxylic acids is 1. The molecule has 1 N–H and O–H groups in total. The molecular formula is C21H20FN3O4S. The summed E-state index contributed by atoms with van der Waals surface area (Å²) in [5.74, 6) is -0.627. The summed E-state index contributed by atoms with van der Waals surface area (Å²) in [4.78, 5) is 12.4. The maximum absolute atomic E-state index is 13.2. The summed E-state index contributed by atoms with van der Waals surface area (Å²) in [5.41, 5.74) is 3.73. The second kappa shape index (κ2) is 9.47. The number of hydrazone groups is 1. The number of furan rings is 1. The number of hydrogen-bond donors (Lipinski definition) is 1. The first-order chi connectivity index (χ1) is 14.3. The van der Waals surface area contributed by atoms with Gasteiger partial charge < -0.3 is 4.42 Å². The topological polar surface area (TPSA) is 92.0 Å². The lowest BCUT2D eigenvalue weighted by Crippen LogP contribution is -2.39. The van der Waals surface area contributed by atoms with Crippen LogP contribution in [0.1, 0.15) is 16.9 Å². The molecule has 0 spiro atoms. The molecule has 0 saturated carbocycles. The van der Waals surface area contributed by atoms with Gasteiger partial charge in [0.2, 0.25) is 10.0 Å². The van der Waals surface area contributed by atoms with Crippen molar-refractivity contribution in [2.24, 2.45) is 5.10 Å². The second-order valence-electron chi connectivity index (χ2n) is 6.52. The Hall–Kier alpha value is -3.30. The fourth-order valence-electron chi connectivity index (χ4n) is 2.61. The van der Waals surface area contributed by atoms with Gasteiger partial charge in [0.25, 0.3) is 5.91 Å². The van der Waals surface area contributed by atoms with Crippen molar-refractivity contribution >= 4 is 22.1 Å².